The fraction of sp³-hybridized carbons (Fsp3) is 0.360. The normalized spacial score (nSPS) is 28.3. The van der Waals surface area contributed by atoms with Gasteiger partial charge in [0.2, 0.25) is 11.7 Å². The summed E-state index contributed by atoms with van der Waals surface area (Å²) in [6.07, 6.45) is -0.483. The van der Waals surface area contributed by atoms with Crippen molar-refractivity contribution in [3.63, 3.8) is 0 Å². The summed E-state index contributed by atoms with van der Waals surface area (Å²) in [4.78, 5) is 68.4. The highest BCUT2D eigenvalue weighted by Crippen LogP contribution is 2.51. The van der Waals surface area contributed by atoms with Gasteiger partial charge in [0, 0.05) is 24.1 Å². The van der Waals surface area contributed by atoms with Crippen LogP contribution in [0.4, 0.5) is 0 Å². The molecule has 2 saturated carbocycles. The van der Waals surface area contributed by atoms with Crippen molar-refractivity contribution >= 4 is 29.1 Å². The van der Waals surface area contributed by atoms with E-state index in [1.54, 1.807) is 0 Å². The number of aromatic nitrogens is 2. The molecule has 0 bridgehead atoms. The standard InChI is InChI=1S/C25H24N4O9/c26-23(36)19-15(31)5-11-3-10-4-12-9(7-27-24(37)13-6-16(32)29-8-28-13)1-2-14(30)18(12)20(33)17(10)21(34)25(11,38)22(19)35/h1-2,6,8,10-11,15,19,30-31,33,38H,3-5,7H2,(H2,26,36)(H,27,37)(H,28,29,32)/t10-,11+,15?,19?,25+/m1/s1. The molecule has 0 radical (unpaired) electrons. The number of nitrogens with zero attached hydrogens (tertiary/aromatic N) is 1. The first kappa shape index (κ1) is 25.3. The van der Waals surface area contributed by atoms with Gasteiger partial charge in [0.1, 0.15) is 23.1 Å². The molecule has 3 aliphatic rings. The Morgan fingerprint density at radius 1 is 1.18 bits per heavy atom. The smallest absolute Gasteiger partial charge is 0.270 e. The predicted octanol–water partition coefficient (Wildman–Crippen LogP) is -1.40. The van der Waals surface area contributed by atoms with E-state index in [1.165, 1.54) is 12.1 Å². The number of phenols is 1. The number of hydrogen-bond acceptors (Lipinski definition) is 10. The Morgan fingerprint density at radius 2 is 1.92 bits per heavy atom. The number of nitrogens with one attached hydrogen (secondary N) is 2. The molecule has 198 valence electrons. The molecule has 1 aromatic heterocycles. The summed E-state index contributed by atoms with van der Waals surface area (Å²) < 4.78 is 0. The summed E-state index contributed by atoms with van der Waals surface area (Å²) in [6.45, 7) is -0.0654. The number of nitrogens with two attached hydrogens (primary N) is 1. The molecule has 8 N–H and O–H groups in total. The van der Waals surface area contributed by atoms with Crippen LogP contribution in [-0.4, -0.2) is 65.5 Å². The van der Waals surface area contributed by atoms with E-state index in [1.807, 2.05) is 0 Å². The number of aliphatic hydroxyl groups excluding tert-OH is 2. The Bertz CT molecular complexity index is 1500. The Morgan fingerprint density at radius 3 is 2.61 bits per heavy atom. The molecule has 2 aromatic rings. The zero-order valence-corrected chi connectivity index (χ0v) is 19.8. The summed E-state index contributed by atoms with van der Waals surface area (Å²) in [5.74, 6) is -8.58. The summed E-state index contributed by atoms with van der Waals surface area (Å²) in [7, 11) is 0. The van der Waals surface area contributed by atoms with Crippen LogP contribution in [0, 0.1) is 17.8 Å². The first-order valence-electron chi connectivity index (χ1n) is 11.8. The Balaban J connectivity index is 1.51. The lowest BCUT2D eigenvalue weighted by Crippen LogP contribution is -2.66. The van der Waals surface area contributed by atoms with Gasteiger partial charge < -0.3 is 36.5 Å². The van der Waals surface area contributed by atoms with Crippen molar-refractivity contribution in [1.29, 1.82) is 0 Å². The van der Waals surface area contributed by atoms with Crippen molar-refractivity contribution in [2.75, 3.05) is 0 Å². The first-order chi connectivity index (χ1) is 17.9. The van der Waals surface area contributed by atoms with Crippen LogP contribution in [0.1, 0.15) is 40.0 Å². The average Bonchev–Trinajstić information content (AvgIpc) is 2.85. The van der Waals surface area contributed by atoms with E-state index in [-0.39, 0.29) is 48.4 Å². The van der Waals surface area contributed by atoms with Gasteiger partial charge in [0.15, 0.2) is 11.4 Å². The largest absolute Gasteiger partial charge is 0.507 e. The summed E-state index contributed by atoms with van der Waals surface area (Å²) in [5, 5.41) is 45.9. The third-order valence-corrected chi connectivity index (χ3v) is 7.71. The van der Waals surface area contributed by atoms with E-state index in [2.05, 4.69) is 15.3 Å². The van der Waals surface area contributed by atoms with Crippen LogP contribution in [0.2, 0.25) is 0 Å². The molecule has 1 heterocycles. The van der Waals surface area contributed by atoms with Gasteiger partial charge in [-0.3, -0.25) is 24.0 Å². The number of primary amides is 1. The number of ketones is 2. The Hall–Kier alpha value is -4.36. The van der Waals surface area contributed by atoms with E-state index in [0.29, 0.717) is 11.1 Å². The van der Waals surface area contributed by atoms with E-state index in [4.69, 9.17) is 5.73 Å². The number of carbonyl (C=O) groups is 4. The number of phenolic OH excluding ortho intramolecular Hbond substituents is 1. The van der Waals surface area contributed by atoms with Crippen LogP contribution < -0.4 is 16.6 Å². The lowest BCUT2D eigenvalue weighted by Gasteiger charge is -2.48. The molecule has 0 spiro atoms. The maximum Gasteiger partial charge on any atom is 0.270 e. The van der Waals surface area contributed by atoms with Gasteiger partial charge in [-0.15, -0.1) is 0 Å². The highest BCUT2D eigenvalue weighted by atomic mass is 16.3. The number of fused-ring (bicyclic) bond motifs is 3. The number of aromatic hydroxyl groups is 1. The Kier molecular flexibility index (Phi) is 5.92. The molecule has 0 saturated heterocycles. The minimum absolute atomic E-state index is 0.0214. The average molecular weight is 524 g/mol. The second-order valence-corrected chi connectivity index (χ2v) is 9.82. The number of rotatable bonds is 4. The molecule has 13 nitrogen and oxygen atoms in total. The van der Waals surface area contributed by atoms with E-state index < -0.39 is 64.2 Å². The predicted molar refractivity (Wildman–Crippen MR) is 127 cm³/mol. The van der Waals surface area contributed by atoms with Crippen molar-refractivity contribution in [2.45, 2.75) is 37.5 Å². The highest BCUT2D eigenvalue weighted by Gasteiger charge is 2.63. The van der Waals surface area contributed by atoms with Crippen LogP contribution >= 0.6 is 0 Å². The lowest BCUT2D eigenvalue weighted by molar-refractivity contribution is -0.174. The zero-order valence-electron chi connectivity index (χ0n) is 19.8. The number of H-pyrrole nitrogens is 1. The van der Waals surface area contributed by atoms with Gasteiger partial charge in [-0.2, -0.15) is 0 Å². The zero-order chi connectivity index (χ0) is 27.5. The van der Waals surface area contributed by atoms with Crippen molar-refractivity contribution < 1.29 is 39.6 Å². The van der Waals surface area contributed by atoms with Gasteiger partial charge in [0.25, 0.3) is 11.5 Å². The number of aromatic amines is 1. The summed E-state index contributed by atoms with van der Waals surface area (Å²) in [5.41, 5.74) is 2.57. The van der Waals surface area contributed by atoms with E-state index in [9.17, 15) is 44.4 Å². The third kappa shape index (κ3) is 3.70. The molecule has 38 heavy (non-hydrogen) atoms. The third-order valence-electron chi connectivity index (χ3n) is 7.71. The number of amides is 2. The van der Waals surface area contributed by atoms with E-state index >= 15 is 0 Å². The topological polar surface area (TPSA) is 233 Å². The Labute approximate surface area is 214 Å². The number of benzene rings is 1. The van der Waals surface area contributed by atoms with Crippen molar-refractivity contribution in [3.8, 4) is 5.75 Å². The second-order valence-electron chi connectivity index (χ2n) is 9.82. The van der Waals surface area contributed by atoms with Crippen molar-refractivity contribution in [1.82, 2.24) is 15.3 Å². The first-order valence-corrected chi connectivity index (χ1v) is 11.8. The second kappa shape index (κ2) is 8.89. The molecule has 2 fully saturated rings. The highest BCUT2D eigenvalue weighted by molar-refractivity contribution is 6.24. The number of aliphatic hydroxyl groups is 3. The molecular formula is C25H24N4O9. The monoisotopic (exact) mass is 524 g/mol. The van der Waals surface area contributed by atoms with Crippen LogP contribution in [-0.2, 0) is 27.3 Å². The fourth-order valence-electron chi connectivity index (χ4n) is 5.91. The van der Waals surface area contributed by atoms with E-state index in [0.717, 1.165) is 12.4 Å². The molecule has 5 rings (SSSR count). The van der Waals surface area contributed by atoms with Gasteiger partial charge in [-0.05, 0) is 42.4 Å². The number of carbonyl (C=O) groups excluding carboxylic acids is 4. The molecule has 5 atom stereocenters. The van der Waals surface area contributed by atoms with Crippen molar-refractivity contribution in [2.24, 2.45) is 23.5 Å². The quantitative estimate of drug-likeness (QED) is 0.231. The lowest BCUT2D eigenvalue weighted by atomic mass is 9.56. The number of hydrogen-bond donors (Lipinski definition) is 7. The van der Waals surface area contributed by atoms with Gasteiger partial charge in [-0.1, -0.05) is 6.07 Å². The minimum Gasteiger partial charge on any atom is -0.507 e. The van der Waals surface area contributed by atoms with Crippen LogP contribution in [0.5, 0.6) is 5.75 Å². The minimum atomic E-state index is -2.65. The van der Waals surface area contributed by atoms with Crippen LogP contribution in [0.15, 0.2) is 34.9 Å². The molecular weight excluding hydrogens is 500 g/mol. The maximum absolute atomic E-state index is 13.5. The van der Waals surface area contributed by atoms with Crippen LogP contribution in [0.3, 0.4) is 0 Å². The molecule has 1 aromatic carbocycles. The van der Waals surface area contributed by atoms with Crippen LogP contribution in [0.25, 0.3) is 5.76 Å². The fourth-order valence-corrected chi connectivity index (χ4v) is 5.91. The van der Waals surface area contributed by atoms with Gasteiger partial charge in [0.05, 0.1) is 18.0 Å². The summed E-state index contributed by atoms with van der Waals surface area (Å²) in [6, 6.07) is 3.82. The number of Topliss-reactive ketones (excluding diaryl/α,β-unsaturated/α-hetero) is 2. The SMILES string of the molecule is NC(=O)C1C(=O)[C@@]2(O)C(=O)C3=C(O)c4c(O)ccc(CNC(=O)c5cc(=O)[nH]cn5)c4C[C@H]3C[C@H]2CC1O. The maximum atomic E-state index is 13.5. The molecule has 2 unspecified atom stereocenters. The van der Waals surface area contributed by atoms with Gasteiger partial charge >= 0.3 is 0 Å². The molecule has 3 aliphatic carbocycles. The van der Waals surface area contributed by atoms with Gasteiger partial charge in [-0.25, -0.2) is 4.98 Å². The summed E-state index contributed by atoms with van der Waals surface area (Å²) >= 11 is 0. The molecule has 2 amide bonds. The molecule has 0 aliphatic heterocycles. The van der Waals surface area contributed by atoms with Crippen molar-refractivity contribution in [3.05, 3.63) is 62.8 Å². The molecule has 13 heteroatoms.